The minimum absolute atomic E-state index is 0.315. The van der Waals surface area contributed by atoms with Crippen molar-refractivity contribution in [2.75, 3.05) is 13.2 Å². The maximum Gasteiger partial charge on any atom is 0.0700 e. The van der Waals surface area contributed by atoms with Gasteiger partial charge in [0.2, 0.25) is 0 Å². The summed E-state index contributed by atoms with van der Waals surface area (Å²) in [5.74, 6) is 0. The number of rotatable bonds is 4. The van der Waals surface area contributed by atoms with Gasteiger partial charge in [-0.3, -0.25) is 0 Å². The third-order valence-corrected chi connectivity index (χ3v) is 3.78. The molecule has 0 bridgehead atoms. The van der Waals surface area contributed by atoms with Crippen molar-refractivity contribution in [1.29, 1.82) is 0 Å². The van der Waals surface area contributed by atoms with Gasteiger partial charge in [0.05, 0.1) is 6.10 Å². The van der Waals surface area contributed by atoms with Crippen molar-refractivity contribution < 1.29 is 4.74 Å². The molecule has 0 aliphatic carbocycles. The summed E-state index contributed by atoms with van der Waals surface area (Å²) in [4.78, 5) is 0. The summed E-state index contributed by atoms with van der Waals surface area (Å²) in [5, 5.41) is 4.94. The van der Waals surface area contributed by atoms with E-state index in [0.29, 0.717) is 17.2 Å². The van der Waals surface area contributed by atoms with Gasteiger partial charge in [0.15, 0.2) is 0 Å². The fourth-order valence-electron chi connectivity index (χ4n) is 2.12. The second-order valence-corrected chi connectivity index (χ2v) is 5.25. The highest BCUT2D eigenvalue weighted by Crippen LogP contribution is 2.21. The number of nitrogens with one attached hydrogen (secondary N) is 1. The topological polar surface area (TPSA) is 21.3 Å². The van der Waals surface area contributed by atoms with Crippen LogP contribution >= 0.6 is 23.2 Å². The van der Waals surface area contributed by atoms with E-state index in [0.717, 1.165) is 36.6 Å². The Kier molecular flexibility index (Phi) is 4.69. The maximum absolute atomic E-state index is 6.12. The largest absolute Gasteiger partial charge is 0.377 e. The highest BCUT2D eigenvalue weighted by atomic mass is 35.5. The smallest absolute Gasteiger partial charge is 0.0700 e. The van der Waals surface area contributed by atoms with Crippen molar-refractivity contribution in [2.45, 2.75) is 31.9 Å². The third-order valence-electron chi connectivity index (χ3n) is 3.19. The number of hydrogen-bond acceptors (Lipinski definition) is 2. The first-order chi connectivity index (χ1) is 8.16. The highest BCUT2D eigenvalue weighted by molar-refractivity contribution is 6.35. The molecule has 1 fully saturated rings. The zero-order valence-electron chi connectivity index (χ0n) is 9.88. The van der Waals surface area contributed by atoms with Crippen LogP contribution < -0.4 is 5.32 Å². The molecular formula is C13H17Cl2NO. The predicted molar refractivity (Wildman–Crippen MR) is 72.0 cm³/mol. The zero-order chi connectivity index (χ0) is 12.3. The molecule has 1 N–H and O–H groups in total. The molecule has 2 atom stereocenters. The third kappa shape index (κ3) is 3.59. The summed E-state index contributed by atoms with van der Waals surface area (Å²) in [5.41, 5.74) is 1.13. The summed E-state index contributed by atoms with van der Waals surface area (Å²) in [7, 11) is 0. The molecule has 4 heteroatoms. The van der Waals surface area contributed by atoms with Gasteiger partial charge in [-0.25, -0.2) is 0 Å². The molecule has 0 saturated carbocycles. The first kappa shape index (κ1) is 13.2. The van der Waals surface area contributed by atoms with Gasteiger partial charge < -0.3 is 10.1 Å². The van der Waals surface area contributed by atoms with Gasteiger partial charge in [0.25, 0.3) is 0 Å². The van der Waals surface area contributed by atoms with Gasteiger partial charge in [0.1, 0.15) is 0 Å². The number of benzene rings is 1. The molecule has 0 amide bonds. The quantitative estimate of drug-likeness (QED) is 0.909. The van der Waals surface area contributed by atoms with E-state index in [2.05, 4.69) is 12.2 Å². The minimum Gasteiger partial charge on any atom is -0.377 e. The van der Waals surface area contributed by atoms with Gasteiger partial charge in [-0.2, -0.15) is 0 Å². The van der Waals surface area contributed by atoms with Gasteiger partial charge in [0, 0.05) is 22.7 Å². The van der Waals surface area contributed by atoms with Crippen molar-refractivity contribution >= 4 is 23.2 Å². The van der Waals surface area contributed by atoms with Crippen molar-refractivity contribution in [3.05, 3.63) is 33.8 Å². The molecule has 0 radical (unpaired) electrons. The van der Waals surface area contributed by atoms with Gasteiger partial charge in [-0.15, -0.1) is 0 Å². The molecule has 1 aromatic carbocycles. The molecule has 1 aliphatic heterocycles. The lowest BCUT2D eigenvalue weighted by molar-refractivity contribution is 0.113. The van der Waals surface area contributed by atoms with E-state index in [9.17, 15) is 0 Å². The molecule has 1 aromatic rings. The first-order valence-electron chi connectivity index (χ1n) is 5.96. The molecule has 0 aromatic heterocycles. The lowest BCUT2D eigenvalue weighted by atomic mass is 10.1. The van der Waals surface area contributed by atoms with Crippen LogP contribution in [0.4, 0.5) is 0 Å². The second-order valence-electron chi connectivity index (χ2n) is 4.41. The van der Waals surface area contributed by atoms with Crippen LogP contribution in [0.25, 0.3) is 0 Å². The van der Waals surface area contributed by atoms with Crippen LogP contribution in [-0.4, -0.2) is 25.3 Å². The van der Waals surface area contributed by atoms with E-state index in [4.69, 9.17) is 27.9 Å². The predicted octanol–water partition coefficient (Wildman–Crippen LogP) is 3.30. The molecule has 1 heterocycles. The molecule has 0 spiro atoms. The van der Waals surface area contributed by atoms with Crippen molar-refractivity contribution in [1.82, 2.24) is 5.32 Å². The Balaban J connectivity index is 1.81. The first-order valence-corrected chi connectivity index (χ1v) is 6.71. The Morgan fingerprint density at radius 3 is 2.88 bits per heavy atom. The fraction of sp³-hybridized carbons (Fsp3) is 0.538. The molecule has 94 valence electrons. The molecule has 2 unspecified atom stereocenters. The Hall–Kier alpha value is -0.280. The molecular weight excluding hydrogens is 257 g/mol. The van der Waals surface area contributed by atoms with E-state index in [-0.39, 0.29) is 0 Å². The highest BCUT2D eigenvalue weighted by Gasteiger charge is 2.22. The molecule has 17 heavy (non-hydrogen) atoms. The van der Waals surface area contributed by atoms with E-state index in [1.165, 1.54) is 0 Å². The van der Waals surface area contributed by atoms with Crippen LogP contribution in [0.3, 0.4) is 0 Å². The van der Waals surface area contributed by atoms with E-state index < -0.39 is 0 Å². The van der Waals surface area contributed by atoms with Crippen LogP contribution in [0.1, 0.15) is 18.9 Å². The Morgan fingerprint density at radius 2 is 2.24 bits per heavy atom. The molecule has 1 saturated heterocycles. The van der Waals surface area contributed by atoms with Gasteiger partial charge in [-0.05, 0) is 44.0 Å². The normalized spacial score (nSPS) is 24.2. The summed E-state index contributed by atoms with van der Waals surface area (Å²) in [6.45, 7) is 3.89. The summed E-state index contributed by atoms with van der Waals surface area (Å²) >= 11 is 12.0. The average molecular weight is 274 g/mol. The molecule has 1 aliphatic rings. The summed E-state index contributed by atoms with van der Waals surface area (Å²) in [6.07, 6.45) is 2.32. The van der Waals surface area contributed by atoms with E-state index in [1.807, 2.05) is 12.1 Å². The average Bonchev–Trinajstić information content (AvgIpc) is 2.68. The standard InChI is InChI=1S/C13H17Cl2NO/c1-9-13(5-7-17-9)16-6-4-10-2-3-11(14)8-12(10)15/h2-3,8-9,13,16H,4-7H2,1H3. The Morgan fingerprint density at radius 1 is 1.41 bits per heavy atom. The lowest BCUT2D eigenvalue weighted by Gasteiger charge is -2.16. The molecule has 2 nitrogen and oxygen atoms in total. The Bertz CT molecular complexity index is 384. The van der Waals surface area contributed by atoms with E-state index in [1.54, 1.807) is 6.07 Å². The monoisotopic (exact) mass is 273 g/mol. The number of halogens is 2. The summed E-state index contributed by atoms with van der Waals surface area (Å²) in [6, 6.07) is 6.13. The van der Waals surface area contributed by atoms with E-state index >= 15 is 0 Å². The van der Waals surface area contributed by atoms with Crippen LogP contribution in [0, 0.1) is 0 Å². The van der Waals surface area contributed by atoms with Gasteiger partial charge >= 0.3 is 0 Å². The summed E-state index contributed by atoms with van der Waals surface area (Å²) < 4.78 is 5.50. The fourth-order valence-corrected chi connectivity index (χ4v) is 2.62. The second kappa shape index (κ2) is 6.05. The van der Waals surface area contributed by atoms with Gasteiger partial charge in [-0.1, -0.05) is 29.3 Å². The molecule has 2 rings (SSSR count). The lowest BCUT2D eigenvalue weighted by Crippen LogP contribution is -2.35. The maximum atomic E-state index is 6.12. The number of ether oxygens (including phenoxy) is 1. The van der Waals surface area contributed by atoms with Crippen LogP contribution in [0.15, 0.2) is 18.2 Å². The van der Waals surface area contributed by atoms with Crippen molar-refractivity contribution in [3.8, 4) is 0 Å². The zero-order valence-corrected chi connectivity index (χ0v) is 11.4. The number of hydrogen-bond donors (Lipinski definition) is 1. The SMILES string of the molecule is CC1OCCC1NCCc1ccc(Cl)cc1Cl. The van der Waals surface area contributed by atoms with Crippen LogP contribution in [0.2, 0.25) is 10.0 Å². The van der Waals surface area contributed by atoms with Crippen molar-refractivity contribution in [3.63, 3.8) is 0 Å². The minimum atomic E-state index is 0.315. The van der Waals surface area contributed by atoms with Crippen LogP contribution in [-0.2, 0) is 11.2 Å². The Labute approximate surface area is 112 Å². The van der Waals surface area contributed by atoms with Crippen LogP contribution in [0.5, 0.6) is 0 Å². The van der Waals surface area contributed by atoms with Crippen molar-refractivity contribution in [2.24, 2.45) is 0 Å².